The predicted molar refractivity (Wildman–Crippen MR) is 91.4 cm³/mol. The zero-order chi connectivity index (χ0) is 16.5. The minimum absolute atomic E-state index is 0.105. The van der Waals surface area contributed by atoms with Crippen molar-refractivity contribution in [3.05, 3.63) is 29.8 Å². The van der Waals surface area contributed by atoms with E-state index in [1.54, 1.807) is 0 Å². The van der Waals surface area contributed by atoms with Crippen LogP contribution in [0.3, 0.4) is 0 Å². The molecular formula is C14H21N3O3S2. The molecule has 0 fully saturated rings. The second-order valence-corrected chi connectivity index (χ2v) is 5.88. The molecule has 0 aliphatic heterocycles. The molecule has 122 valence electrons. The average molecular weight is 343 g/mol. The van der Waals surface area contributed by atoms with Crippen molar-refractivity contribution in [2.75, 3.05) is 0 Å². The Bertz CT molecular complexity index is 495. The number of amides is 2. The SMILES string of the molecule is CC(=O)N[C@H](Cc1ccc(OC(C)C)cc1)C(=O)NNSS. The van der Waals surface area contributed by atoms with E-state index in [9.17, 15) is 9.59 Å². The molecule has 0 bridgehead atoms. The highest BCUT2D eigenvalue weighted by Gasteiger charge is 2.19. The summed E-state index contributed by atoms with van der Waals surface area (Å²) >= 11 is 3.86. The quantitative estimate of drug-likeness (QED) is 0.250. The second-order valence-electron chi connectivity index (χ2n) is 4.95. The standard InChI is InChI=1S/C14H21N3O3S2/c1-9(2)20-12-6-4-11(5-7-12)8-13(15-10(3)18)14(19)16-17-22-21/h4-7,9,13,17,21H,8H2,1-3H3,(H,15,18)(H,16,19)/t13-/m1/s1. The Morgan fingerprint density at radius 3 is 2.41 bits per heavy atom. The Balaban J connectivity index is 2.71. The average Bonchev–Trinajstić information content (AvgIpc) is 2.45. The van der Waals surface area contributed by atoms with Gasteiger partial charge in [-0.15, -0.1) is 0 Å². The summed E-state index contributed by atoms with van der Waals surface area (Å²) in [6.45, 7) is 5.29. The number of benzene rings is 1. The molecule has 22 heavy (non-hydrogen) atoms. The summed E-state index contributed by atoms with van der Waals surface area (Å²) in [4.78, 5) is 25.8. The maximum absolute atomic E-state index is 12.0. The van der Waals surface area contributed by atoms with Crippen molar-refractivity contribution in [2.24, 2.45) is 0 Å². The zero-order valence-corrected chi connectivity index (χ0v) is 14.5. The lowest BCUT2D eigenvalue weighted by Gasteiger charge is -2.17. The molecule has 0 spiro atoms. The normalized spacial score (nSPS) is 11.9. The molecule has 0 radical (unpaired) electrons. The highest BCUT2D eigenvalue weighted by molar-refractivity contribution is 8.67. The number of hydrazine groups is 1. The molecule has 3 N–H and O–H groups in total. The van der Waals surface area contributed by atoms with Crippen molar-refractivity contribution in [2.45, 2.75) is 39.3 Å². The molecule has 8 heteroatoms. The van der Waals surface area contributed by atoms with E-state index in [1.807, 2.05) is 38.1 Å². The van der Waals surface area contributed by atoms with Crippen LogP contribution in [0.15, 0.2) is 24.3 Å². The number of carbonyl (C=O) groups excluding carboxylic acids is 2. The molecule has 1 aromatic carbocycles. The van der Waals surface area contributed by atoms with Crippen molar-refractivity contribution >= 4 is 34.5 Å². The van der Waals surface area contributed by atoms with Crippen LogP contribution in [-0.4, -0.2) is 24.0 Å². The van der Waals surface area contributed by atoms with Crippen LogP contribution in [0.25, 0.3) is 0 Å². The van der Waals surface area contributed by atoms with Gasteiger partial charge in [0.25, 0.3) is 5.91 Å². The van der Waals surface area contributed by atoms with Crippen LogP contribution in [0.1, 0.15) is 26.3 Å². The van der Waals surface area contributed by atoms with E-state index in [2.05, 4.69) is 27.2 Å². The topological polar surface area (TPSA) is 79.5 Å². The first-order valence-corrected chi connectivity index (χ1v) is 8.67. The van der Waals surface area contributed by atoms with E-state index in [0.29, 0.717) is 6.42 Å². The van der Waals surface area contributed by atoms with Gasteiger partial charge in [0.2, 0.25) is 5.91 Å². The van der Waals surface area contributed by atoms with Gasteiger partial charge in [-0.2, -0.15) is 4.83 Å². The molecule has 0 aliphatic carbocycles. The van der Waals surface area contributed by atoms with E-state index < -0.39 is 6.04 Å². The van der Waals surface area contributed by atoms with Gasteiger partial charge in [0, 0.05) is 24.3 Å². The maximum atomic E-state index is 12.0. The lowest BCUT2D eigenvalue weighted by atomic mass is 10.1. The molecule has 0 saturated carbocycles. The van der Waals surface area contributed by atoms with E-state index in [-0.39, 0.29) is 17.9 Å². The summed E-state index contributed by atoms with van der Waals surface area (Å²) in [6, 6.07) is 6.78. The number of ether oxygens (including phenoxy) is 1. The number of nitrogens with one attached hydrogen (secondary N) is 3. The minimum atomic E-state index is -0.664. The first kappa shape index (κ1) is 18.7. The van der Waals surface area contributed by atoms with Gasteiger partial charge in [0.1, 0.15) is 11.8 Å². The third-order valence-electron chi connectivity index (χ3n) is 2.65. The van der Waals surface area contributed by atoms with Crippen LogP contribution in [-0.2, 0) is 16.0 Å². The van der Waals surface area contributed by atoms with Crippen molar-refractivity contribution in [1.29, 1.82) is 0 Å². The molecular weight excluding hydrogens is 322 g/mol. The molecule has 1 aromatic rings. The number of rotatable bonds is 8. The summed E-state index contributed by atoms with van der Waals surface area (Å²) in [7, 11) is 0.963. The number of thiol groups is 1. The zero-order valence-electron chi connectivity index (χ0n) is 12.8. The summed E-state index contributed by atoms with van der Waals surface area (Å²) in [5.41, 5.74) is 3.37. The molecule has 1 atom stereocenters. The van der Waals surface area contributed by atoms with Crippen molar-refractivity contribution in [3.8, 4) is 5.75 Å². The first-order chi connectivity index (χ1) is 10.4. The Labute approximate surface area is 139 Å². The Hall–Kier alpha value is -1.38. The second kappa shape index (κ2) is 9.60. The summed E-state index contributed by atoms with van der Waals surface area (Å²) in [5.74, 6) is 0.171. The highest BCUT2D eigenvalue weighted by Crippen LogP contribution is 2.15. The van der Waals surface area contributed by atoms with Gasteiger partial charge in [-0.25, -0.2) is 0 Å². The van der Waals surface area contributed by atoms with Gasteiger partial charge in [0.05, 0.1) is 6.10 Å². The molecule has 0 aliphatic rings. The van der Waals surface area contributed by atoms with Gasteiger partial charge in [-0.3, -0.25) is 15.0 Å². The fraction of sp³-hybridized carbons (Fsp3) is 0.429. The van der Waals surface area contributed by atoms with Crippen LogP contribution in [0.2, 0.25) is 0 Å². The maximum Gasteiger partial charge on any atom is 0.257 e. The molecule has 1 rings (SSSR count). The minimum Gasteiger partial charge on any atom is -0.491 e. The molecule has 0 saturated heterocycles. The largest absolute Gasteiger partial charge is 0.491 e. The smallest absolute Gasteiger partial charge is 0.257 e. The van der Waals surface area contributed by atoms with E-state index in [4.69, 9.17) is 4.74 Å². The van der Waals surface area contributed by atoms with E-state index in [1.165, 1.54) is 6.92 Å². The Morgan fingerprint density at radius 1 is 1.27 bits per heavy atom. The van der Waals surface area contributed by atoms with Gasteiger partial charge < -0.3 is 10.1 Å². The lowest BCUT2D eigenvalue weighted by molar-refractivity contribution is -0.128. The monoisotopic (exact) mass is 343 g/mol. The molecule has 0 aromatic heterocycles. The van der Waals surface area contributed by atoms with E-state index >= 15 is 0 Å². The molecule has 6 nitrogen and oxygen atoms in total. The van der Waals surface area contributed by atoms with Gasteiger partial charge in [0.15, 0.2) is 0 Å². The predicted octanol–water partition coefficient (Wildman–Crippen LogP) is 1.63. The van der Waals surface area contributed by atoms with Gasteiger partial charge >= 0.3 is 0 Å². The Morgan fingerprint density at radius 2 is 1.91 bits per heavy atom. The van der Waals surface area contributed by atoms with Crippen molar-refractivity contribution in [3.63, 3.8) is 0 Å². The summed E-state index contributed by atoms with van der Waals surface area (Å²) < 4.78 is 5.57. The molecule has 0 heterocycles. The lowest BCUT2D eigenvalue weighted by Crippen LogP contribution is -2.49. The van der Waals surface area contributed by atoms with Gasteiger partial charge in [-0.05, 0) is 31.5 Å². The van der Waals surface area contributed by atoms with Crippen LogP contribution in [0.5, 0.6) is 5.75 Å². The first-order valence-electron chi connectivity index (χ1n) is 6.80. The Kier molecular flexibility index (Phi) is 8.15. The van der Waals surface area contributed by atoms with Crippen LogP contribution < -0.4 is 20.3 Å². The van der Waals surface area contributed by atoms with Crippen LogP contribution in [0.4, 0.5) is 0 Å². The molecule has 2 amide bonds. The highest BCUT2D eigenvalue weighted by atomic mass is 33.1. The third-order valence-corrected chi connectivity index (χ3v) is 3.12. The fourth-order valence-corrected chi connectivity index (χ4v) is 2.11. The van der Waals surface area contributed by atoms with Crippen molar-refractivity contribution in [1.82, 2.24) is 15.6 Å². The van der Waals surface area contributed by atoms with E-state index in [0.717, 1.165) is 22.3 Å². The number of carbonyl (C=O) groups is 2. The molecule has 0 unspecified atom stereocenters. The number of hydrogen-bond donors (Lipinski definition) is 4. The van der Waals surface area contributed by atoms with Crippen LogP contribution >= 0.6 is 22.6 Å². The number of hydrogen-bond acceptors (Lipinski definition) is 6. The van der Waals surface area contributed by atoms with Crippen molar-refractivity contribution < 1.29 is 14.3 Å². The van der Waals surface area contributed by atoms with Crippen LogP contribution in [0, 0.1) is 0 Å². The third kappa shape index (κ3) is 7.06. The fourth-order valence-electron chi connectivity index (χ4n) is 1.83. The summed E-state index contributed by atoms with van der Waals surface area (Å²) in [5, 5.41) is 2.63. The summed E-state index contributed by atoms with van der Waals surface area (Å²) in [6.07, 6.45) is 0.486. The van der Waals surface area contributed by atoms with Gasteiger partial charge in [-0.1, -0.05) is 23.8 Å².